The number of benzene rings is 1. The third-order valence-corrected chi connectivity index (χ3v) is 2.36. The first kappa shape index (κ1) is 14.3. The van der Waals surface area contributed by atoms with Gasteiger partial charge in [-0.15, -0.1) is 0 Å². The maximum absolute atomic E-state index is 11.3. The Labute approximate surface area is 107 Å². The van der Waals surface area contributed by atoms with Gasteiger partial charge < -0.3 is 19.9 Å². The quantitative estimate of drug-likeness (QED) is 0.590. The van der Waals surface area contributed by atoms with Gasteiger partial charge in [-0.05, 0) is 19.1 Å². The van der Waals surface area contributed by atoms with Crippen molar-refractivity contribution in [1.82, 2.24) is 0 Å². The van der Waals surface area contributed by atoms with Gasteiger partial charge in [-0.25, -0.2) is 0 Å². The topological polar surface area (TPSA) is 70.8 Å². The molecule has 0 radical (unpaired) electrons. The summed E-state index contributed by atoms with van der Waals surface area (Å²) in [7, 11) is 1.57. The summed E-state index contributed by atoms with van der Waals surface area (Å²) in [4.78, 5) is 11.3. The summed E-state index contributed by atoms with van der Waals surface area (Å²) in [6.07, 6.45) is 0.0877. The fraction of sp³-hybridized carbons (Fsp3) is 0.462. The van der Waals surface area contributed by atoms with Crippen molar-refractivity contribution < 1.29 is 19.0 Å². The van der Waals surface area contributed by atoms with Crippen molar-refractivity contribution in [3.05, 3.63) is 24.3 Å². The number of hydrogen-bond acceptors (Lipinski definition) is 5. The van der Waals surface area contributed by atoms with Crippen molar-refractivity contribution in [2.75, 3.05) is 26.1 Å². The standard InChI is InChI=1S/C13H19NO4/c1-10(16-2)9-18-13(15)7-8-17-12-6-4-3-5-11(12)14/h3-6,10H,7-9,14H2,1-2H3. The van der Waals surface area contributed by atoms with Gasteiger partial charge in [0.25, 0.3) is 0 Å². The minimum atomic E-state index is -0.312. The van der Waals surface area contributed by atoms with E-state index in [0.717, 1.165) is 0 Å². The molecule has 0 amide bonds. The molecule has 0 saturated carbocycles. The van der Waals surface area contributed by atoms with Gasteiger partial charge in [-0.3, -0.25) is 4.79 Å². The molecule has 0 spiro atoms. The minimum absolute atomic E-state index is 0.0976. The maximum atomic E-state index is 11.3. The van der Waals surface area contributed by atoms with Crippen LogP contribution in [0, 0.1) is 0 Å². The zero-order valence-electron chi connectivity index (χ0n) is 10.7. The SMILES string of the molecule is COC(C)COC(=O)CCOc1ccccc1N. The van der Waals surface area contributed by atoms with Crippen molar-refractivity contribution in [2.24, 2.45) is 0 Å². The third kappa shape index (κ3) is 5.05. The molecule has 0 aliphatic carbocycles. The summed E-state index contributed by atoms with van der Waals surface area (Å²) in [6.45, 7) is 2.33. The highest BCUT2D eigenvalue weighted by Crippen LogP contribution is 2.19. The van der Waals surface area contributed by atoms with Gasteiger partial charge in [-0.1, -0.05) is 12.1 Å². The first-order chi connectivity index (χ1) is 8.63. The molecule has 100 valence electrons. The van der Waals surface area contributed by atoms with Gasteiger partial charge in [0.2, 0.25) is 0 Å². The second kappa shape index (κ2) is 7.55. The average Bonchev–Trinajstić information content (AvgIpc) is 2.38. The zero-order valence-corrected chi connectivity index (χ0v) is 10.7. The molecule has 0 bridgehead atoms. The van der Waals surface area contributed by atoms with E-state index in [0.29, 0.717) is 11.4 Å². The van der Waals surface area contributed by atoms with Crippen molar-refractivity contribution in [1.29, 1.82) is 0 Å². The van der Waals surface area contributed by atoms with Crippen molar-refractivity contribution in [3.8, 4) is 5.75 Å². The number of methoxy groups -OCH3 is 1. The number of carbonyl (C=O) groups excluding carboxylic acids is 1. The Hall–Kier alpha value is -1.75. The lowest BCUT2D eigenvalue weighted by Gasteiger charge is -2.11. The number of nitrogens with two attached hydrogens (primary N) is 1. The predicted octanol–water partition coefficient (Wildman–Crippen LogP) is 1.62. The van der Waals surface area contributed by atoms with E-state index >= 15 is 0 Å². The Bertz CT molecular complexity index is 381. The average molecular weight is 253 g/mol. The summed E-state index contributed by atoms with van der Waals surface area (Å²) < 4.78 is 15.3. The molecule has 0 heterocycles. The van der Waals surface area contributed by atoms with Gasteiger partial charge in [-0.2, -0.15) is 0 Å². The van der Waals surface area contributed by atoms with Gasteiger partial charge >= 0.3 is 5.97 Å². The van der Waals surface area contributed by atoms with E-state index in [2.05, 4.69) is 0 Å². The highest BCUT2D eigenvalue weighted by Gasteiger charge is 2.07. The van der Waals surface area contributed by atoms with E-state index in [4.69, 9.17) is 19.9 Å². The minimum Gasteiger partial charge on any atom is -0.491 e. The lowest BCUT2D eigenvalue weighted by molar-refractivity contribution is -0.147. The number of para-hydroxylation sites is 2. The lowest BCUT2D eigenvalue weighted by Crippen LogP contribution is -2.18. The van der Waals surface area contributed by atoms with Crippen molar-refractivity contribution in [2.45, 2.75) is 19.4 Å². The van der Waals surface area contributed by atoms with E-state index in [-0.39, 0.29) is 31.7 Å². The fourth-order valence-electron chi connectivity index (χ4n) is 1.21. The van der Waals surface area contributed by atoms with E-state index < -0.39 is 0 Å². The molecule has 5 nitrogen and oxygen atoms in total. The van der Waals surface area contributed by atoms with Crippen LogP contribution >= 0.6 is 0 Å². The monoisotopic (exact) mass is 253 g/mol. The van der Waals surface area contributed by atoms with Crippen molar-refractivity contribution >= 4 is 11.7 Å². The Morgan fingerprint density at radius 2 is 2.11 bits per heavy atom. The molecule has 5 heteroatoms. The highest BCUT2D eigenvalue weighted by atomic mass is 16.6. The molecule has 1 unspecified atom stereocenters. The summed E-state index contributed by atoms with van der Waals surface area (Å²) in [5.41, 5.74) is 6.25. The molecule has 1 aromatic rings. The van der Waals surface area contributed by atoms with Gasteiger partial charge in [0.15, 0.2) is 0 Å². The largest absolute Gasteiger partial charge is 0.491 e. The number of hydrogen-bond donors (Lipinski definition) is 1. The normalized spacial score (nSPS) is 11.9. The van der Waals surface area contributed by atoms with Crippen LogP contribution in [0.3, 0.4) is 0 Å². The number of anilines is 1. The van der Waals surface area contributed by atoms with Crippen LogP contribution in [0.1, 0.15) is 13.3 Å². The number of rotatable bonds is 7. The molecular formula is C13H19NO4. The van der Waals surface area contributed by atoms with Crippen molar-refractivity contribution in [3.63, 3.8) is 0 Å². The van der Waals surface area contributed by atoms with Crippen LogP contribution in [0.5, 0.6) is 5.75 Å². The number of nitrogen functional groups attached to an aromatic ring is 1. The molecule has 0 aliphatic rings. The van der Waals surface area contributed by atoms with Crippen LogP contribution < -0.4 is 10.5 Å². The number of ether oxygens (including phenoxy) is 3. The fourth-order valence-corrected chi connectivity index (χ4v) is 1.21. The second-order valence-corrected chi connectivity index (χ2v) is 3.87. The Kier molecular flexibility index (Phi) is 6.00. The van der Waals surface area contributed by atoms with Gasteiger partial charge in [0.1, 0.15) is 12.4 Å². The zero-order chi connectivity index (χ0) is 13.4. The molecular weight excluding hydrogens is 234 g/mol. The maximum Gasteiger partial charge on any atom is 0.309 e. The van der Waals surface area contributed by atoms with E-state index in [9.17, 15) is 4.79 Å². The van der Waals surface area contributed by atoms with Crippen LogP contribution in [-0.2, 0) is 14.3 Å². The summed E-state index contributed by atoms with van der Waals surface area (Å²) in [5, 5.41) is 0. The Morgan fingerprint density at radius 3 is 2.78 bits per heavy atom. The number of carbonyl (C=O) groups is 1. The summed E-state index contributed by atoms with van der Waals surface area (Å²) in [5.74, 6) is 0.268. The summed E-state index contributed by atoms with van der Waals surface area (Å²) >= 11 is 0. The third-order valence-electron chi connectivity index (χ3n) is 2.36. The number of esters is 1. The van der Waals surface area contributed by atoms with Crippen LogP contribution in [0.25, 0.3) is 0 Å². The van der Waals surface area contributed by atoms with Crippen LogP contribution in [0.2, 0.25) is 0 Å². The smallest absolute Gasteiger partial charge is 0.309 e. The molecule has 2 N–H and O–H groups in total. The molecule has 0 fully saturated rings. The molecule has 1 rings (SSSR count). The predicted molar refractivity (Wildman–Crippen MR) is 68.4 cm³/mol. The second-order valence-electron chi connectivity index (χ2n) is 3.87. The van der Waals surface area contributed by atoms with Crippen LogP contribution in [-0.4, -0.2) is 32.4 Å². The molecule has 0 saturated heterocycles. The van der Waals surface area contributed by atoms with Gasteiger partial charge in [0.05, 0.1) is 24.8 Å². The molecule has 18 heavy (non-hydrogen) atoms. The van der Waals surface area contributed by atoms with E-state index in [1.807, 2.05) is 19.1 Å². The Morgan fingerprint density at radius 1 is 1.39 bits per heavy atom. The molecule has 0 aliphatic heterocycles. The molecule has 1 atom stereocenters. The van der Waals surface area contributed by atoms with E-state index in [1.165, 1.54) is 0 Å². The first-order valence-electron chi connectivity index (χ1n) is 5.79. The van der Waals surface area contributed by atoms with Crippen LogP contribution in [0.4, 0.5) is 5.69 Å². The highest BCUT2D eigenvalue weighted by molar-refractivity contribution is 5.69. The van der Waals surface area contributed by atoms with Crippen LogP contribution in [0.15, 0.2) is 24.3 Å². The Balaban J connectivity index is 2.22. The lowest BCUT2D eigenvalue weighted by atomic mass is 10.3. The van der Waals surface area contributed by atoms with Gasteiger partial charge in [0, 0.05) is 7.11 Å². The van der Waals surface area contributed by atoms with E-state index in [1.54, 1.807) is 19.2 Å². The first-order valence-corrected chi connectivity index (χ1v) is 5.79. The summed E-state index contributed by atoms with van der Waals surface area (Å²) in [6, 6.07) is 7.15. The molecule has 1 aromatic carbocycles. The molecule has 0 aromatic heterocycles.